The van der Waals surface area contributed by atoms with Gasteiger partial charge in [0.25, 0.3) is 0 Å². The van der Waals surface area contributed by atoms with Crippen LogP contribution < -0.4 is 5.32 Å². The highest BCUT2D eigenvalue weighted by molar-refractivity contribution is 7.80. The van der Waals surface area contributed by atoms with Crippen molar-refractivity contribution in [2.75, 3.05) is 5.75 Å². The molecule has 0 heterocycles. The number of hydrogen-bond acceptors (Lipinski definition) is 3. The Labute approximate surface area is 79.3 Å². The van der Waals surface area contributed by atoms with E-state index in [-0.39, 0.29) is 12.1 Å². The lowest BCUT2D eigenvalue weighted by atomic mass is 10.2. The van der Waals surface area contributed by atoms with E-state index in [1.807, 2.05) is 27.7 Å². The minimum absolute atomic E-state index is 0.0446. The fourth-order valence-electron chi connectivity index (χ4n) is 0.554. The molecule has 0 aromatic rings. The lowest BCUT2D eigenvalue weighted by Crippen LogP contribution is -2.38. The second-order valence-electron chi connectivity index (χ2n) is 3.73. The molecule has 0 rings (SSSR count). The van der Waals surface area contributed by atoms with E-state index in [1.165, 1.54) is 0 Å². The smallest absolute Gasteiger partial charge is 0.407 e. The molecular weight excluding hydrogens is 174 g/mol. The molecule has 0 fully saturated rings. The van der Waals surface area contributed by atoms with Crippen molar-refractivity contribution in [3.05, 3.63) is 0 Å². The molecule has 0 aliphatic rings. The molecule has 12 heavy (non-hydrogen) atoms. The van der Waals surface area contributed by atoms with Gasteiger partial charge >= 0.3 is 6.09 Å². The zero-order valence-electron chi connectivity index (χ0n) is 8.05. The molecule has 72 valence electrons. The molecule has 0 aliphatic carbocycles. The van der Waals surface area contributed by atoms with Crippen LogP contribution in [-0.4, -0.2) is 23.5 Å². The number of nitrogens with one attached hydrogen (secondary N) is 1. The van der Waals surface area contributed by atoms with Crippen molar-refractivity contribution in [3.8, 4) is 0 Å². The summed E-state index contributed by atoms with van der Waals surface area (Å²) in [5.41, 5.74) is -0.430. The van der Waals surface area contributed by atoms with E-state index >= 15 is 0 Å². The van der Waals surface area contributed by atoms with Crippen molar-refractivity contribution >= 4 is 18.7 Å². The highest BCUT2D eigenvalue weighted by atomic mass is 32.1. The van der Waals surface area contributed by atoms with Crippen LogP contribution in [0.4, 0.5) is 4.79 Å². The minimum atomic E-state index is -0.430. The van der Waals surface area contributed by atoms with Crippen LogP contribution in [0.3, 0.4) is 0 Å². The van der Waals surface area contributed by atoms with Gasteiger partial charge < -0.3 is 10.1 Å². The molecule has 3 nitrogen and oxygen atoms in total. The topological polar surface area (TPSA) is 38.3 Å². The van der Waals surface area contributed by atoms with E-state index in [9.17, 15) is 4.79 Å². The Morgan fingerprint density at radius 3 is 2.42 bits per heavy atom. The summed E-state index contributed by atoms with van der Waals surface area (Å²) in [5.74, 6) is 0.610. The number of rotatable bonds is 2. The first-order valence-corrected chi connectivity index (χ1v) is 4.59. The van der Waals surface area contributed by atoms with Gasteiger partial charge in [0.05, 0.1) is 0 Å². The quantitative estimate of drug-likeness (QED) is 0.653. The standard InChI is InChI=1S/C8H17NO2S/c1-6(5-12)9-7(10)11-8(2,3)4/h6,12H,5H2,1-4H3,(H,9,10)/t6-/m1/s1. The summed E-state index contributed by atoms with van der Waals surface area (Å²) in [4.78, 5) is 11.1. The summed E-state index contributed by atoms with van der Waals surface area (Å²) in [6.07, 6.45) is -0.385. The lowest BCUT2D eigenvalue weighted by molar-refractivity contribution is 0.0513. The normalized spacial score (nSPS) is 13.8. The molecule has 1 atom stereocenters. The number of carbonyl (C=O) groups is 1. The van der Waals surface area contributed by atoms with Gasteiger partial charge in [-0.1, -0.05) is 0 Å². The molecule has 0 bridgehead atoms. The van der Waals surface area contributed by atoms with Crippen molar-refractivity contribution < 1.29 is 9.53 Å². The molecule has 0 unspecified atom stereocenters. The maximum atomic E-state index is 11.1. The van der Waals surface area contributed by atoms with Crippen LogP contribution in [0, 0.1) is 0 Å². The number of thiol groups is 1. The van der Waals surface area contributed by atoms with Gasteiger partial charge in [-0.15, -0.1) is 0 Å². The fourth-order valence-corrected chi connectivity index (χ4v) is 0.646. The zero-order valence-corrected chi connectivity index (χ0v) is 8.94. The average Bonchev–Trinajstić information content (AvgIpc) is 1.82. The number of hydrogen-bond donors (Lipinski definition) is 2. The van der Waals surface area contributed by atoms with E-state index in [1.54, 1.807) is 0 Å². The summed E-state index contributed by atoms with van der Waals surface area (Å²) in [6.45, 7) is 7.37. The van der Waals surface area contributed by atoms with Crippen LogP contribution in [0.5, 0.6) is 0 Å². The van der Waals surface area contributed by atoms with Gasteiger partial charge in [0.15, 0.2) is 0 Å². The summed E-state index contributed by atoms with van der Waals surface area (Å²) < 4.78 is 5.03. The van der Waals surface area contributed by atoms with Crippen molar-refractivity contribution in [1.82, 2.24) is 5.32 Å². The largest absolute Gasteiger partial charge is 0.444 e. The Hall–Kier alpha value is -0.380. The van der Waals surface area contributed by atoms with E-state index in [0.29, 0.717) is 5.75 Å². The lowest BCUT2D eigenvalue weighted by Gasteiger charge is -2.21. The van der Waals surface area contributed by atoms with Crippen LogP contribution in [-0.2, 0) is 4.74 Å². The summed E-state index contributed by atoms with van der Waals surface area (Å²) in [7, 11) is 0. The van der Waals surface area contributed by atoms with E-state index in [2.05, 4.69) is 17.9 Å². The molecule has 0 saturated carbocycles. The minimum Gasteiger partial charge on any atom is -0.444 e. The number of carbonyl (C=O) groups excluding carboxylic acids is 1. The molecular formula is C8H17NO2S. The van der Waals surface area contributed by atoms with Crippen LogP contribution in [0.15, 0.2) is 0 Å². The Morgan fingerprint density at radius 1 is 1.58 bits per heavy atom. The molecule has 0 saturated heterocycles. The maximum absolute atomic E-state index is 11.1. The van der Waals surface area contributed by atoms with Gasteiger partial charge in [0.2, 0.25) is 0 Å². The van der Waals surface area contributed by atoms with Gasteiger partial charge in [-0.2, -0.15) is 12.6 Å². The first kappa shape index (κ1) is 11.6. The van der Waals surface area contributed by atoms with E-state index in [4.69, 9.17) is 4.74 Å². The third kappa shape index (κ3) is 6.34. The molecule has 0 radical (unpaired) electrons. The van der Waals surface area contributed by atoms with Gasteiger partial charge in [0, 0.05) is 11.8 Å². The SMILES string of the molecule is C[C@H](CS)NC(=O)OC(C)(C)C. The zero-order chi connectivity index (χ0) is 9.78. The van der Waals surface area contributed by atoms with Crippen molar-refractivity contribution in [2.45, 2.75) is 39.3 Å². The summed E-state index contributed by atoms with van der Waals surface area (Å²) >= 11 is 4.03. The third-order valence-corrected chi connectivity index (χ3v) is 1.58. The third-order valence-electron chi connectivity index (χ3n) is 1.04. The highest BCUT2D eigenvalue weighted by Gasteiger charge is 2.16. The van der Waals surface area contributed by atoms with Crippen LogP contribution in [0.25, 0.3) is 0 Å². The predicted molar refractivity (Wildman–Crippen MR) is 52.7 cm³/mol. The van der Waals surface area contributed by atoms with Crippen LogP contribution in [0.2, 0.25) is 0 Å². The predicted octanol–water partition coefficient (Wildman–Crippen LogP) is 1.83. The molecule has 0 spiro atoms. The molecule has 1 N–H and O–H groups in total. The highest BCUT2D eigenvalue weighted by Crippen LogP contribution is 2.06. The van der Waals surface area contributed by atoms with E-state index in [0.717, 1.165) is 0 Å². The van der Waals surface area contributed by atoms with Crippen LogP contribution >= 0.6 is 12.6 Å². The Morgan fingerprint density at radius 2 is 2.08 bits per heavy atom. The second kappa shape index (κ2) is 4.60. The first-order valence-electron chi connectivity index (χ1n) is 3.95. The van der Waals surface area contributed by atoms with Crippen LogP contribution in [0.1, 0.15) is 27.7 Å². The summed E-state index contributed by atoms with van der Waals surface area (Å²) in [5, 5.41) is 2.65. The Bertz CT molecular complexity index is 154. The molecule has 1 amide bonds. The van der Waals surface area contributed by atoms with Gasteiger partial charge in [-0.25, -0.2) is 4.79 Å². The van der Waals surface area contributed by atoms with Gasteiger partial charge in [0.1, 0.15) is 5.60 Å². The fraction of sp³-hybridized carbons (Fsp3) is 0.875. The summed E-state index contributed by atoms with van der Waals surface area (Å²) in [6, 6.07) is 0.0446. The van der Waals surface area contributed by atoms with Gasteiger partial charge in [-0.3, -0.25) is 0 Å². The van der Waals surface area contributed by atoms with Gasteiger partial charge in [-0.05, 0) is 27.7 Å². The Kier molecular flexibility index (Phi) is 4.45. The Balaban J connectivity index is 3.75. The molecule has 0 aromatic heterocycles. The molecule has 0 aromatic carbocycles. The number of ether oxygens (including phenoxy) is 1. The van der Waals surface area contributed by atoms with Crippen molar-refractivity contribution in [3.63, 3.8) is 0 Å². The monoisotopic (exact) mass is 191 g/mol. The van der Waals surface area contributed by atoms with E-state index < -0.39 is 5.60 Å². The molecule has 0 aliphatic heterocycles. The first-order chi connectivity index (χ1) is 5.35. The average molecular weight is 191 g/mol. The van der Waals surface area contributed by atoms with Crippen molar-refractivity contribution in [1.29, 1.82) is 0 Å². The number of alkyl carbamates (subject to hydrolysis) is 1. The molecule has 4 heteroatoms. The second-order valence-corrected chi connectivity index (χ2v) is 4.09. The number of amides is 1. The maximum Gasteiger partial charge on any atom is 0.407 e. The van der Waals surface area contributed by atoms with Crippen molar-refractivity contribution in [2.24, 2.45) is 0 Å².